The molecule has 1 saturated heterocycles. The van der Waals surface area contributed by atoms with Gasteiger partial charge in [0.05, 0.1) is 18.3 Å². The molecule has 22 heavy (non-hydrogen) atoms. The molecule has 0 atom stereocenters. The second kappa shape index (κ2) is 5.83. The molecule has 1 fully saturated rings. The monoisotopic (exact) mass is 328 g/mol. The van der Waals surface area contributed by atoms with Crippen LogP contribution in [-0.4, -0.2) is 41.4 Å². The maximum Gasteiger partial charge on any atom is 0.352 e. The number of imidazole rings is 1. The number of nitrogens with one attached hydrogen (secondary N) is 2. The molecule has 1 aliphatic heterocycles. The van der Waals surface area contributed by atoms with Gasteiger partial charge in [-0.1, -0.05) is 0 Å². The standard InChI is InChI=1S/C14H15ClFN3O3/c15-11-10-9(16)2-1-5-19(10)12(17-11)13(21)18-14(8-20)3-6-22-7-4-14/h1-2,5,20H,3-4,6-8H2,(H,18,21)/p+1. The molecule has 2 aromatic rings. The Morgan fingerprint density at radius 3 is 2.95 bits per heavy atom. The molecule has 0 aliphatic carbocycles. The van der Waals surface area contributed by atoms with Crippen molar-refractivity contribution < 1.29 is 23.4 Å². The number of fused-ring (bicyclic) bond motifs is 1. The van der Waals surface area contributed by atoms with Crippen molar-refractivity contribution in [2.24, 2.45) is 0 Å². The van der Waals surface area contributed by atoms with Crippen molar-refractivity contribution in [1.82, 2.24) is 10.3 Å². The SMILES string of the molecule is O=C(NC1(CO)CCOCC1)c1[nH]c(Cl)c2c(F)ccc[n+]12. The summed E-state index contributed by atoms with van der Waals surface area (Å²) in [6.45, 7) is 0.747. The highest BCUT2D eigenvalue weighted by Crippen LogP contribution is 2.21. The quantitative estimate of drug-likeness (QED) is 0.730. The molecule has 1 amide bonds. The highest BCUT2D eigenvalue weighted by Gasteiger charge is 2.37. The van der Waals surface area contributed by atoms with Gasteiger partial charge in [0.25, 0.3) is 0 Å². The number of hydrogen-bond donors (Lipinski definition) is 3. The van der Waals surface area contributed by atoms with E-state index in [0.717, 1.165) is 0 Å². The van der Waals surface area contributed by atoms with Crippen LogP contribution in [0.4, 0.5) is 4.39 Å². The molecular formula is C14H16ClFN3O3+. The largest absolute Gasteiger partial charge is 0.394 e. The van der Waals surface area contributed by atoms with Gasteiger partial charge in [-0.2, -0.15) is 4.40 Å². The molecule has 1 aliphatic rings. The van der Waals surface area contributed by atoms with Gasteiger partial charge in [-0.25, -0.2) is 9.37 Å². The zero-order chi connectivity index (χ0) is 15.7. The number of H-pyrrole nitrogens is 1. The fourth-order valence-corrected chi connectivity index (χ4v) is 2.92. The van der Waals surface area contributed by atoms with Crippen LogP contribution in [0.1, 0.15) is 23.5 Å². The number of nitrogens with zero attached hydrogens (tertiary/aromatic N) is 1. The van der Waals surface area contributed by atoms with E-state index in [9.17, 15) is 14.3 Å². The van der Waals surface area contributed by atoms with Crippen molar-refractivity contribution in [2.75, 3.05) is 19.8 Å². The molecule has 3 rings (SSSR count). The predicted octanol–water partition coefficient (Wildman–Crippen LogP) is 0.817. The van der Waals surface area contributed by atoms with E-state index in [2.05, 4.69) is 10.3 Å². The Kier molecular flexibility index (Phi) is 4.03. The first-order valence-electron chi connectivity index (χ1n) is 6.95. The maximum atomic E-state index is 13.8. The predicted molar refractivity (Wildman–Crippen MR) is 76.3 cm³/mol. The van der Waals surface area contributed by atoms with Gasteiger partial charge in [-0.05, 0) is 36.6 Å². The van der Waals surface area contributed by atoms with Crippen LogP contribution in [-0.2, 0) is 4.74 Å². The number of aromatic nitrogens is 2. The minimum absolute atomic E-state index is 0.0493. The van der Waals surface area contributed by atoms with Crippen molar-refractivity contribution in [3.63, 3.8) is 0 Å². The average Bonchev–Trinajstić information content (AvgIpc) is 2.87. The van der Waals surface area contributed by atoms with Crippen molar-refractivity contribution in [1.29, 1.82) is 0 Å². The highest BCUT2D eigenvalue weighted by atomic mass is 35.5. The number of pyridine rings is 1. The zero-order valence-corrected chi connectivity index (χ0v) is 12.5. The zero-order valence-electron chi connectivity index (χ0n) is 11.7. The summed E-state index contributed by atoms with van der Waals surface area (Å²) < 4.78 is 20.4. The van der Waals surface area contributed by atoms with Crippen molar-refractivity contribution >= 4 is 23.0 Å². The lowest BCUT2D eigenvalue weighted by molar-refractivity contribution is -0.515. The number of rotatable bonds is 3. The lowest BCUT2D eigenvalue weighted by atomic mass is 9.91. The van der Waals surface area contributed by atoms with E-state index in [1.54, 1.807) is 6.20 Å². The van der Waals surface area contributed by atoms with Crippen molar-refractivity contribution in [3.8, 4) is 0 Å². The molecule has 2 aromatic heterocycles. The van der Waals surface area contributed by atoms with Gasteiger partial charge in [-0.3, -0.25) is 4.79 Å². The molecule has 0 saturated carbocycles. The number of carbonyl (C=O) groups is 1. The third-order valence-corrected chi connectivity index (χ3v) is 4.24. The van der Waals surface area contributed by atoms with Crippen LogP contribution in [0, 0.1) is 5.82 Å². The lowest BCUT2D eigenvalue weighted by Gasteiger charge is -2.35. The second-order valence-electron chi connectivity index (χ2n) is 5.37. The van der Waals surface area contributed by atoms with E-state index < -0.39 is 17.3 Å². The molecule has 0 radical (unpaired) electrons. The molecule has 6 nitrogen and oxygen atoms in total. The Hall–Kier alpha value is -1.70. The number of aliphatic hydroxyl groups is 1. The fraction of sp³-hybridized carbons (Fsp3) is 0.429. The molecular weight excluding hydrogens is 313 g/mol. The van der Waals surface area contributed by atoms with Crippen molar-refractivity contribution in [3.05, 3.63) is 35.1 Å². The molecule has 118 valence electrons. The highest BCUT2D eigenvalue weighted by molar-refractivity contribution is 6.32. The van der Waals surface area contributed by atoms with Crippen LogP contribution < -0.4 is 9.72 Å². The van der Waals surface area contributed by atoms with Crippen LogP contribution in [0.5, 0.6) is 0 Å². The van der Waals surface area contributed by atoms with Gasteiger partial charge in [0.1, 0.15) is 0 Å². The van der Waals surface area contributed by atoms with Gasteiger partial charge in [-0.15, -0.1) is 0 Å². The number of aliphatic hydroxyl groups excluding tert-OH is 1. The van der Waals surface area contributed by atoms with Crippen LogP contribution in [0.25, 0.3) is 5.52 Å². The number of halogens is 2. The summed E-state index contributed by atoms with van der Waals surface area (Å²) in [7, 11) is 0. The number of carbonyl (C=O) groups excluding carboxylic acids is 1. The Bertz CT molecular complexity index is 713. The van der Waals surface area contributed by atoms with Gasteiger partial charge in [0.15, 0.2) is 5.82 Å². The van der Waals surface area contributed by atoms with Gasteiger partial charge in [0.2, 0.25) is 10.7 Å². The van der Waals surface area contributed by atoms with Crippen LogP contribution in [0.3, 0.4) is 0 Å². The third kappa shape index (κ3) is 2.55. The van der Waals surface area contributed by atoms with E-state index in [1.807, 2.05) is 0 Å². The summed E-state index contributed by atoms with van der Waals surface area (Å²) in [6, 6.07) is 2.75. The second-order valence-corrected chi connectivity index (χ2v) is 5.75. The smallest absolute Gasteiger partial charge is 0.352 e. The van der Waals surface area contributed by atoms with Crippen LogP contribution in [0.2, 0.25) is 5.15 Å². The summed E-state index contributed by atoms with van der Waals surface area (Å²) in [6.07, 6.45) is 2.58. The first kappa shape index (κ1) is 15.2. The Morgan fingerprint density at radius 1 is 1.55 bits per heavy atom. The molecule has 3 N–H and O–H groups in total. The van der Waals surface area contributed by atoms with Crippen LogP contribution >= 0.6 is 11.6 Å². The number of amides is 1. The minimum Gasteiger partial charge on any atom is -0.394 e. The van der Waals surface area contributed by atoms with E-state index in [1.165, 1.54) is 16.5 Å². The van der Waals surface area contributed by atoms with Crippen molar-refractivity contribution in [2.45, 2.75) is 18.4 Å². The summed E-state index contributed by atoms with van der Waals surface area (Å²) in [5.74, 6) is -0.868. The normalized spacial score (nSPS) is 17.6. The first-order valence-corrected chi connectivity index (χ1v) is 7.33. The summed E-state index contributed by atoms with van der Waals surface area (Å²) in [5.41, 5.74) is -0.619. The molecule has 8 heteroatoms. The molecule has 0 unspecified atom stereocenters. The van der Waals surface area contributed by atoms with E-state index in [4.69, 9.17) is 16.3 Å². The topological polar surface area (TPSA) is 78.4 Å². The molecule has 3 heterocycles. The minimum atomic E-state index is -0.729. The lowest BCUT2D eigenvalue weighted by Crippen LogP contribution is -2.55. The first-order chi connectivity index (χ1) is 10.6. The number of aromatic amines is 1. The summed E-state index contributed by atoms with van der Waals surface area (Å²) >= 11 is 5.97. The summed E-state index contributed by atoms with van der Waals surface area (Å²) in [4.78, 5) is 15.2. The van der Waals surface area contributed by atoms with Gasteiger partial charge in [0, 0.05) is 13.2 Å². The Labute approximate surface area is 130 Å². The van der Waals surface area contributed by atoms with E-state index in [-0.39, 0.29) is 23.1 Å². The third-order valence-electron chi connectivity index (χ3n) is 3.97. The van der Waals surface area contributed by atoms with Gasteiger partial charge >= 0.3 is 11.7 Å². The fourth-order valence-electron chi connectivity index (χ4n) is 2.65. The van der Waals surface area contributed by atoms with E-state index in [0.29, 0.717) is 26.1 Å². The average molecular weight is 329 g/mol. The van der Waals surface area contributed by atoms with Gasteiger partial charge < -0.3 is 15.2 Å². The Balaban J connectivity index is 1.94. The van der Waals surface area contributed by atoms with Crippen LogP contribution in [0.15, 0.2) is 18.3 Å². The number of hydrogen-bond acceptors (Lipinski definition) is 3. The van der Waals surface area contributed by atoms with E-state index >= 15 is 0 Å². The molecule has 0 bridgehead atoms. The Morgan fingerprint density at radius 2 is 2.27 bits per heavy atom. The summed E-state index contributed by atoms with van der Waals surface area (Å²) in [5, 5.41) is 12.5. The number of ether oxygens (including phenoxy) is 1. The molecule has 0 spiro atoms. The molecule has 0 aromatic carbocycles. The maximum absolute atomic E-state index is 13.8.